The van der Waals surface area contributed by atoms with Gasteiger partial charge in [0.1, 0.15) is 5.78 Å². The molecule has 0 heterocycles. The van der Waals surface area contributed by atoms with Gasteiger partial charge in [-0.2, -0.15) is 0 Å². The van der Waals surface area contributed by atoms with Gasteiger partial charge in [0.2, 0.25) is 0 Å². The van der Waals surface area contributed by atoms with Crippen LogP contribution in [0.2, 0.25) is 0 Å². The molecule has 0 saturated carbocycles. The Morgan fingerprint density at radius 1 is 0.889 bits per heavy atom. The molecule has 0 spiro atoms. The Morgan fingerprint density at radius 2 is 1.44 bits per heavy atom. The smallest absolute Gasteiger partial charge is 0.152 e. The molecular formula is C16H28O2. The fraction of sp³-hybridized carbons (Fsp3) is 0.750. The minimum absolute atomic E-state index is 0.00915. The molecule has 0 aromatic rings. The molecular weight excluding hydrogens is 224 g/mol. The van der Waals surface area contributed by atoms with Crippen molar-refractivity contribution < 1.29 is 9.59 Å². The first-order valence-electron chi connectivity index (χ1n) is 7.35. The molecule has 0 aliphatic heterocycles. The van der Waals surface area contributed by atoms with Gasteiger partial charge in [0, 0.05) is 12.8 Å². The standard InChI is InChI=1S/C16H28O2/c1-3-4-5-6-7-8-9-10-13-16(18)14-11-12-15(2)17/h11-12H,3-10,13-14H2,1-2H3. The zero-order chi connectivity index (χ0) is 13.6. The lowest BCUT2D eigenvalue weighted by atomic mass is 10.1. The number of unbranched alkanes of at least 4 members (excludes halogenated alkanes) is 7. The van der Waals surface area contributed by atoms with Crippen LogP contribution in [0.3, 0.4) is 0 Å². The van der Waals surface area contributed by atoms with Gasteiger partial charge in [-0.15, -0.1) is 0 Å². The highest BCUT2D eigenvalue weighted by Crippen LogP contribution is 2.10. The maximum Gasteiger partial charge on any atom is 0.152 e. The van der Waals surface area contributed by atoms with E-state index in [2.05, 4.69) is 6.92 Å². The summed E-state index contributed by atoms with van der Waals surface area (Å²) in [6, 6.07) is 0. The van der Waals surface area contributed by atoms with E-state index < -0.39 is 0 Å². The highest BCUT2D eigenvalue weighted by Gasteiger charge is 1.99. The van der Waals surface area contributed by atoms with Gasteiger partial charge >= 0.3 is 0 Å². The normalized spacial score (nSPS) is 11.0. The second-order valence-electron chi connectivity index (χ2n) is 4.98. The molecule has 18 heavy (non-hydrogen) atoms. The van der Waals surface area contributed by atoms with Crippen LogP contribution in [-0.2, 0) is 9.59 Å². The summed E-state index contributed by atoms with van der Waals surface area (Å²) in [4.78, 5) is 22.1. The van der Waals surface area contributed by atoms with Crippen molar-refractivity contribution in [2.24, 2.45) is 0 Å². The topological polar surface area (TPSA) is 34.1 Å². The molecule has 0 radical (unpaired) electrons. The Labute approximate surface area is 112 Å². The van der Waals surface area contributed by atoms with Crippen LogP contribution in [0.4, 0.5) is 0 Å². The summed E-state index contributed by atoms with van der Waals surface area (Å²) < 4.78 is 0. The molecule has 0 aromatic heterocycles. The molecule has 2 heteroatoms. The molecule has 0 atom stereocenters. The van der Waals surface area contributed by atoms with Crippen LogP contribution in [0.15, 0.2) is 12.2 Å². The second kappa shape index (κ2) is 12.5. The molecule has 0 unspecified atom stereocenters. The number of ketones is 2. The van der Waals surface area contributed by atoms with Crippen LogP contribution in [0.1, 0.15) is 78.1 Å². The van der Waals surface area contributed by atoms with Crippen molar-refractivity contribution in [3.63, 3.8) is 0 Å². The lowest BCUT2D eigenvalue weighted by Crippen LogP contribution is -1.96. The average molecular weight is 252 g/mol. The highest BCUT2D eigenvalue weighted by atomic mass is 16.1. The first-order chi connectivity index (χ1) is 8.66. The number of carbonyl (C=O) groups excluding carboxylic acids is 2. The summed E-state index contributed by atoms with van der Waals surface area (Å²) >= 11 is 0. The number of carbonyl (C=O) groups is 2. The molecule has 0 bridgehead atoms. The van der Waals surface area contributed by atoms with E-state index in [1.165, 1.54) is 51.5 Å². The fourth-order valence-electron chi connectivity index (χ4n) is 1.91. The Balaban J connectivity index is 3.27. The van der Waals surface area contributed by atoms with E-state index >= 15 is 0 Å². The largest absolute Gasteiger partial charge is 0.299 e. The SMILES string of the molecule is CCCCCCCCCCC(=O)CC=CC(C)=O. The van der Waals surface area contributed by atoms with E-state index in [4.69, 9.17) is 0 Å². The maximum atomic E-state index is 11.4. The van der Waals surface area contributed by atoms with E-state index in [0.29, 0.717) is 12.8 Å². The Kier molecular flexibility index (Phi) is 11.9. The zero-order valence-corrected chi connectivity index (χ0v) is 12.0. The van der Waals surface area contributed by atoms with Gasteiger partial charge in [0.25, 0.3) is 0 Å². The van der Waals surface area contributed by atoms with Crippen LogP contribution >= 0.6 is 0 Å². The third-order valence-corrected chi connectivity index (χ3v) is 3.01. The summed E-state index contributed by atoms with van der Waals surface area (Å²) in [5.74, 6) is 0.258. The minimum Gasteiger partial charge on any atom is -0.299 e. The van der Waals surface area contributed by atoms with Gasteiger partial charge in [-0.05, 0) is 19.4 Å². The fourth-order valence-corrected chi connectivity index (χ4v) is 1.91. The van der Waals surface area contributed by atoms with Gasteiger partial charge in [0.15, 0.2) is 5.78 Å². The molecule has 0 aliphatic rings. The maximum absolute atomic E-state index is 11.4. The molecule has 0 amide bonds. The van der Waals surface area contributed by atoms with E-state index in [9.17, 15) is 9.59 Å². The number of allylic oxidation sites excluding steroid dienone is 2. The molecule has 2 nitrogen and oxygen atoms in total. The number of hydrogen-bond acceptors (Lipinski definition) is 2. The van der Waals surface area contributed by atoms with Gasteiger partial charge in [0.05, 0.1) is 0 Å². The summed E-state index contributed by atoms with van der Waals surface area (Å²) in [5, 5.41) is 0. The van der Waals surface area contributed by atoms with E-state index in [-0.39, 0.29) is 11.6 Å². The first kappa shape index (κ1) is 17.1. The molecule has 0 N–H and O–H groups in total. The summed E-state index contributed by atoms with van der Waals surface area (Å²) in [5.41, 5.74) is 0. The monoisotopic (exact) mass is 252 g/mol. The van der Waals surface area contributed by atoms with Crippen molar-refractivity contribution >= 4 is 11.6 Å². The zero-order valence-electron chi connectivity index (χ0n) is 12.0. The third-order valence-electron chi connectivity index (χ3n) is 3.01. The second-order valence-corrected chi connectivity index (χ2v) is 4.98. The number of rotatable bonds is 12. The quantitative estimate of drug-likeness (QED) is 0.375. The summed E-state index contributed by atoms with van der Waals surface area (Å²) in [6.07, 6.45) is 14.3. The molecule has 0 aromatic carbocycles. The van der Waals surface area contributed by atoms with Crippen LogP contribution in [-0.4, -0.2) is 11.6 Å². The molecule has 0 rings (SSSR count). The van der Waals surface area contributed by atoms with Crippen molar-refractivity contribution in [1.82, 2.24) is 0 Å². The lowest BCUT2D eigenvalue weighted by Gasteiger charge is -2.00. The van der Waals surface area contributed by atoms with Crippen LogP contribution in [0.25, 0.3) is 0 Å². The molecule has 0 saturated heterocycles. The summed E-state index contributed by atoms with van der Waals surface area (Å²) in [6.45, 7) is 3.73. The predicted molar refractivity (Wildman–Crippen MR) is 76.7 cm³/mol. The Hall–Kier alpha value is -0.920. The molecule has 104 valence electrons. The predicted octanol–water partition coefficient (Wildman–Crippen LogP) is 4.62. The third kappa shape index (κ3) is 13.1. The summed E-state index contributed by atoms with van der Waals surface area (Å²) in [7, 11) is 0. The van der Waals surface area contributed by atoms with E-state index in [1.807, 2.05) is 0 Å². The molecule has 0 aliphatic carbocycles. The van der Waals surface area contributed by atoms with Crippen LogP contribution in [0, 0.1) is 0 Å². The van der Waals surface area contributed by atoms with Crippen molar-refractivity contribution in [1.29, 1.82) is 0 Å². The number of hydrogen-bond donors (Lipinski definition) is 0. The van der Waals surface area contributed by atoms with E-state index in [0.717, 1.165) is 12.8 Å². The van der Waals surface area contributed by atoms with E-state index in [1.54, 1.807) is 6.08 Å². The van der Waals surface area contributed by atoms with Crippen LogP contribution in [0.5, 0.6) is 0 Å². The van der Waals surface area contributed by atoms with Crippen molar-refractivity contribution in [3.8, 4) is 0 Å². The van der Waals surface area contributed by atoms with Gasteiger partial charge < -0.3 is 0 Å². The first-order valence-corrected chi connectivity index (χ1v) is 7.35. The van der Waals surface area contributed by atoms with Crippen molar-refractivity contribution in [2.75, 3.05) is 0 Å². The van der Waals surface area contributed by atoms with Crippen molar-refractivity contribution in [2.45, 2.75) is 78.1 Å². The van der Waals surface area contributed by atoms with Gasteiger partial charge in [-0.1, -0.05) is 57.9 Å². The van der Waals surface area contributed by atoms with Crippen molar-refractivity contribution in [3.05, 3.63) is 12.2 Å². The lowest BCUT2D eigenvalue weighted by molar-refractivity contribution is -0.118. The Morgan fingerprint density at radius 3 is 2.00 bits per heavy atom. The van der Waals surface area contributed by atoms with Gasteiger partial charge in [-0.3, -0.25) is 9.59 Å². The Bertz CT molecular complexity index is 254. The van der Waals surface area contributed by atoms with Crippen LogP contribution < -0.4 is 0 Å². The van der Waals surface area contributed by atoms with Gasteiger partial charge in [-0.25, -0.2) is 0 Å². The number of Topliss-reactive ketones (excluding diaryl/α,β-unsaturated/α-hetero) is 1. The minimum atomic E-state index is 0.00915. The molecule has 0 fully saturated rings. The average Bonchev–Trinajstić information content (AvgIpc) is 2.32. The highest BCUT2D eigenvalue weighted by molar-refractivity contribution is 5.88.